The Labute approximate surface area is 106 Å². The normalized spacial score (nSPS) is 12.8. The quantitative estimate of drug-likeness (QED) is 0.855. The SMILES string of the molecule is Cn1ccnc1CC(O)CCCc1cccs1. The van der Waals surface area contributed by atoms with Crippen LogP contribution in [-0.2, 0) is 19.9 Å². The topological polar surface area (TPSA) is 38.0 Å². The minimum Gasteiger partial charge on any atom is -0.393 e. The zero-order valence-corrected chi connectivity index (χ0v) is 10.9. The van der Waals surface area contributed by atoms with Crippen molar-refractivity contribution in [2.45, 2.75) is 31.8 Å². The lowest BCUT2D eigenvalue weighted by Gasteiger charge is -2.09. The van der Waals surface area contributed by atoms with Gasteiger partial charge in [-0.15, -0.1) is 11.3 Å². The fraction of sp³-hybridized carbons (Fsp3) is 0.462. The van der Waals surface area contributed by atoms with Crippen LogP contribution >= 0.6 is 11.3 Å². The van der Waals surface area contributed by atoms with E-state index in [2.05, 4.69) is 22.5 Å². The van der Waals surface area contributed by atoms with Gasteiger partial charge in [0.2, 0.25) is 0 Å². The summed E-state index contributed by atoms with van der Waals surface area (Å²) in [6, 6.07) is 4.22. The maximum Gasteiger partial charge on any atom is 0.110 e. The van der Waals surface area contributed by atoms with Crippen molar-refractivity contribution in [2.24, 2.45) is 7.05 Å². The van der Waals surface area contributed by atoms with Crippen molar-refractivity contribution in [1.29, 1.82) is 0 Å². The molecule has 0 aliphatic carbocycles. The number of aliphatic hydroxyl groups is 1. The van der Waals surface area contributed by atoms with Gasteiger partial charge in [0, 0.05) is 30.7 Å². The molecule has 2 aromatic rings. The average molecular weight is 250 g/mol. The Balaban J connectivity index is 1.71. The molecule has 1 unspecified atom stereocenters. The number of hydrogen-bond acceptors (Lipinski definition) is 3. The molecule has 2 rings (SSSR count). The van der Waals surface area contributed by atoms with E-state index in [4.69, 9.17) is 0 Å². The van der Waals surface area contributed by atoms with Crippen molar-refractivity contribution >= 4 is 11.3 Å². The molecule has 4 heteroatoms. The summed E-state index contributed by atoms with van der Waals surface area (Å²) in [5.74, 6) is 0.952. The van der Waals surface area contributed by atoms with Gasteiger partial charge in [0.1, 0.15) is 5.82 Å². The van der Waals surface area contributed by atoms with E-state index in [0.29, 0.717) is 6.42 Å². The van der Waals surface area contributed by atoms with Crippen LogP contribution in [0.5, 0.6) is 0 Å². The van der Waals surface area contributed by atoms with E-state index in [1.807, 2.05) is 17.8 Å². The predicted molar refractivity (Wildman–Crippen MR) is 70.2 cm³/mol. The first-order valence-electron chi connectivity index (χ1n) is 5.92. The lowest BCUT2D eigenvalue weighted by Crippen LogP contribution is -2.13. The smallest absolute Gasteiger partial charge is 0.110 e. The van der Waals surface area contributed by atoms with Gasteiger partial charge < -0.3 is 9.67 Å². The molecule has 17 heavy (non-hydrogen) atoms. The number of aromatic nitrogens is 2. The van der Waals surface area contributed by atoms with Crippen molar-refractivity contribution in [3.05, 3.63) is 40.6 Å². The first-order chi connectivity index (χ1) is 8.25. The molecule has 3 nitrogen and oxygen atoms in total. The summed E-state index contributed by atoms with van der Waals surface area (Å²) in [7, 11) is 1.96. The Morgan fingerprint density at radius 2 is 2.41 bits per heavy atom. The van der Waals surface area contributed by atoms with Crippen LogP contribution in [0.25, 0.3) is 0 Å². The number of aliphatic hydroxyl groups excluding tert-OH is 1. The lowest BCUT2D eigenvalue weighted by molar-refractivity contribution is 0.159. The Morgan fingerprint density at radius 3 is 3.06 bits per heavy atom. The highest BCUT2D eigenvalue weighted by Crippen LogP contribution is 2.13. The highest BCUT2D eigenvalue weighted by molar-refractivity contribution is 7.09. The monoisotopic (exact) mass is 250 g/mol. The van der Waals surface area contributed by atoms with Crippen LogP contribution in [0.4, 0.5) is 0 Å². The molecule has 0 radical (unpaired) electrons. The number of rotatable bonds is 6. The third-order valence-corrected chi connectivity index (χ3v) is 3.82. The van der Waals surface area contributed by atoms with Gasteiger partial charge in [-0.05, 0) is 30.7 Å². The van der Waals surface area contributed by atoms with Crippen LogP contribution < -0.4 is 0 Å². The largest absolute Gasteiger partial charge is 0.393 e. The summed E-state index contributed by atoms with van der Waals surface area (Å²) in [6.07, 6.45) is 6.98. The summed E-state index contributed by atoms with van der Waals surface area (Å²) >= 11 is 1.78. The number of nitrogens with zero attached hydrogens (tertiary/aromatic N) is 2. The fourth-order valence-corrected chi connectivity index (χ4v) is 2.62. The average Bonchev–Trinajstić information content (AvgIpc) is 2.92. The van der Waals surface area contributed by atoms with Gasteiger partial charge in [-0.1, -0.05) is 6.07 Å². The van der Waals surface area contributed by atoms with E-state index in [9.17, 15) is 5.11 Å². The standard InChI is InChI=1S/C13H18N2OS/c1-15-8-7-14-13(15)10-11(16)4-2-5-12-6-3-9-17-12/h3,6-9,11,16H,2,4-5,10H2,1H3. The van der Waals surface area contributed by atoms with E-state index < -0.39 is 0 Å². The summed E-state index contributed by atoms with van der Waals surface area (Å²) in [6.45, 7) is 0. The fourth-order valence-electron chi connectivity index (χ4n) is 1.87. The lowest BCUT2D eigenvalue weighted by atomic mass is 10.1. The van der Waals surface area contributed by atoms with Gasteiger partial charge in [-0.25, -0.2) is 4.98 Å². The Kier molecular flexibility index (Phi) is 4.34. The molecule has 0 aliphatic rings. The molecule has 0 aliphatic heterocycles. The second kappa shape index (κ2) is 5.98. The third-order valence-electron chi connectivity index (χ3n) is 2.88. The molecule has 0 fully saturated rings. The minimum absolute atomic E-state index is 0.281. The highest BCUT2D eigenvalue weighted by Gasteiger charge is 2.08. The summed E-state index contributed by atoms with van der Waals surface area (Å²) < 4.78 is 1.96. The van der Waals surface area contributed by atoms with Gasteiger partial charge in [-0.3, -0.25) is 0 Å². The minimum atomic E-state index is -0.281. The van der Waals surface area contributed by atoms with E-state index in [1.54, 1.807) is 17.5 Å². The molecule has 0 amide bonds. The molecule has 0 bridgehead atoms. The van der Waals surface area contributed by atoms with Crippen molar-refractivity contribution in [1.82, 2.24) is 9.55 Å². The summed E-state index contributed by atoms with van der Waals surface area (Å²) in [5, 5.41) is 12.0. The van der Waals surface area contributed by atoms with E-state index in [-0.39, 0.29) is 6.10 Å². The number of thiophene rings is 1. The van der Waals surface area contributed by atoms with Crippen LogP contribution in [-0.4, -0.2) is 20.8 Å². The van der Waals surface area contributed by atoms with Gasteiger partial charge in [-0.2, -0.15) is 0 Å². The van der Waals surface area contributed by atoms with E-state index >= 15 is 0 Å². The summed E-state index contributed by atoms with van der Waals surface area (Å²) in [4.78, 5) is 5.62. The molecule has 0 spiro atoms. The van der Waals surface area contributed by atoms with Gasteiger partial charge in [0.15, 0.2) is 0 Å². The molecular weight excluding hydrogens is 232 g/mol. The Bertz CT molecular complexity index is 436. The Morgan fingerprint density at radius 1 is 1.53 bits per heavy atom. The van der Waals surface area contributed by atoms with Crippen LogP contribution in [0.15, 0.2) is 29.9 Å². The molecule has 0 aromatic carbocycles. The van der Waals surface area contributed by atoms with Crippen molar-refractivity contribution in [2.75, 3.05) is 0 Å². The van der Waals surface area contributed by atoms with Crippen LogP contribution in [0.3, 0.4) is 0 Å². The van der Waals surface area contributed by atoms with E-state index in [0.717, 1.165) is 25.1 Å². The highest BCUT2D eigenvalue weighted by atomic mass is 32.1. The molecule has 1 N–H and O–H groups in total. The number of hydrogen-bond donors (Lipinski definition) is 1. The zero-order valence-electron chi connectivity index (χ0n) is 10.0. The molecule has 0 saturated carbocycles. The van der Waals surface area contributed by atoms with Crippen LogP contribution in [0.2, 0.25) is 0 Å². The third kappa shape index (κ3) is 3.68. The zero-order chi connectivity index (χ0) is 12.1. The van der Waals surface area contributed by atoms with E-state index in [1.165, 1.54) is 4.88 Å². The maximum atomic E-state index is 9.92. The second-order valence-corrected chi connectivity index (χ2v) is 5.32. The molecular formula is C13H18N2OS. The predicted octanol–water partition coefficient (Wildman–Crippen LogP) is 2.41. The molecule has 0 saturated heterocycles. The van der Waals surface area contributed by atoms with Gasteiger partial charge >= 0.3 is 0 Å². The molecule has 2 aromatic heterocycles. The first kappa shape index (κ1) is 12.3. The first-order valence-corrected chi connectivity index (χ1v) is 6.80. The van der Waals surface area contributed by atoms with Crippen molar-refractivity contribution in [3.63, 3.8) is 0 Å². The number of imidazole rings is 1. The van der Waals surface area contributed by atoms with Crippen molar-refractivity contribution in [3.8, 4) is 0 Å². The van der Waals surface area contributed by atoms with Crippen LogP contribution in [0, 0.1) is 0 Å². The molecule has 92 valence electrons. The van der Waals surface area contributed by atoms with Gasteiger partial charge in [0.05, 0.1) is 6.10 Å². The van der Waals surface area contributed by atoms with Crippen LogP contribution in [0.1, 0.15) is 23.5 Å². The van der Waals surface area contributed by atoms with Gasteiger partial charge in [0.25, 0.3) is 0 Å². The second-order valence-electron chi connectivity index (χ2n) is 4.28. The Hall–Kier alpha value is -1.13. The molecule has 1 atom stereocenters. The molecule has 2 heterocycles. The van der Waals surface area contributed by atoms with Crippen molar-refractivity contribution < 1.29 is 5.11 Å². The maximum absolute atomic E-state index is 9.92. The summed E-state index contributed by atoms with van der Waals surface area (Å²) in [5.41, 5.74) is 0. The number of aryl methyl sites for hydroxylation is 2.